The van der Waals surface area contributed by atoms with Gasteiger partial charge >= 0.3 is 0 Å². The van der Waals surface area contributed by atoms with E-state index in [0.717, 1.165) is 37.7 Å². The molecule has 2 aliphatic rings. The first kappa shape index (κ1) is 29.5. The fourth-order valence-electron chi connectivity index (χ4n) is 5.63. The van der Waals surface area contributed by atoms with Crippen molar-refractivity contribution in [3.05, 3.63) is 47.1 Å². The van der Waals surface area contributed by atoms with Crippen molar-refractivity contribution in [2.75, 3.05) is 18.5 Å². The van der Waals surface area contributed by atoms with E-state index < -0.39 is 20.7 Å². The number of aliphatic hydroxyl groups is 2. The average molecular weight is 511 g/mol. The van der Waals surface area contributed by atoms with Crippen LogP contribution in [0.15, 0.2) is 47.1 Å². The monoisotopic (exact) mass is 510 g/mol. The minimum Gasteiger partial charge on any atom is -0.392 e. The molecule has 0 aromatic carbocycles. The summed E-state index contributed by atoms with van der Waals surface area (Å²) in [5, 5.41) is 19.7. The fraction of sp³-hybridized carbons (Fsp3) is 0.714. The standard InChI is InChI=1S/C28H47O4PS/c1-20(9-8-16-34(31,32)27(3,4)5)25-13-14-26-22(10-7-15-28(25,26)6)11-12-23(21(2)18-29)17-24(30)19-33/h11-13,20,24,26,29-30H,2,7-10,14-19,33H2,1,3-6H3/b22-11+,23-12-/t20-,24?,26+,28?/m1/s1. The molecule has 0 aliphatic heterocycles. The topological polar surface area (TPSA) is 74.6 Å². The Morgan fingerprint density at radius 2 is 2.06 bits per heavy atom. The minimum absolute atomic E-state index is 0.103. The number of allylic oxidation sites excluding steroid dienone is 5. The number of aliphatic hydroxyl groups excluding tert-OH is 2. The smallest absolute Gasteiger partial charge is 0.155 e. The van der Waals surface area contributed by atoms with E-state index in [1.807, 2.05) is 0 Å². The zero-order chi connectivity index (χ0) is 25.7. The van der Waals surface area contributed by atoms with Crippen LogP contribution >= 0.6 is 9.24 Å². The van der Waals surface area contributed by atoms with Gasteiger partial charge in [0.05, 0.1) is 23.2 Å². The number of fused-ring (bicyclic) bond motifs is 1. The summed E-state index contributed by atoms with van der Waals surface area (Å²) >= 11 is 0. The number of rotatable bonds is 11. The number of hydrogen-bond donors (Lipinski definition) is 2. The SMILES string of the molecule is C=C(CO)/C(=C\C=C1/CCCC2(C)C([C@H](C)CCCS(=O)(=O)C(C)(C)C)=CC[C@@H]12)CC(O)CP. The van der Waals surface area contributed by atoms with Crippen LogP contribution in [0.25, 0.3) is 0 Å². The van der Waals surface area contributed by atoms with Crippen molar-refractivity contribution in [1.82, 2.24) is 0 Å². The van der Waals surface area contributed by atoms with Gasteiger partial charge < -0.3 is 10.2 Å². The molecular formula is C28H47O4PS. The minimum atomic E-state index is -3.08. The van der Waals surface area contributed by atoms with Gasteiger partial charge in [-0.1, -0.05) is 49.8 Å². The zero-order valence-electron chi connectivity index (χ0n) is 21.9. The van der Waals surface area contributed by atoms with Gasteiger partial charge in [-0.25, -0.2) is 8.42 Å². The van der Waals surface area contributed by atoms with E-state index in [1.54, 1.807) is 20.8 Å². The summed E-state index contributed by atoms with van der Waals surface area (Å²) in [4.78, 5) is 0. The molecule has 2 N–H and O–H groups in total. The lowest BCUT2D eigenvalue weighted by Gasteiger charge is -2.42. The van der Waals surface area contributed by atoms with Crippen LogP contribution in [0.4, 0.5) is 0 Å². The van der Waals surface area contributed by atoms with Crippen molar-refractivity contribution in [2.45, 2.75) is 90.4 Å². The van der Waals surface area contributed by atoms with Crippen molar-refractivity contribution >= 4 is 19.1 Å². The molecule has 1 fully saturated rings. The highest BCUT2D eigenvalue weighted by Crippen LogP contribution is 2.57. The second-order valence-corrected chi connectivity index (χ2v) is 14.8. The second-order valence-electron chi connectivity index (χ2n) is 11.5. The molecule has 0 spiro atoms. The summed E-state index contributed by atoms with van der Waals surface area (Å²) in [7, 11) is -0.516. The van der Waals surface area contributed by atoms with Crippen molar-refractivity contribution in [3.8, 4) is 0 Å². The number of sulfone groups is 1. The summed E-state index contributed by atoms with van der Waals surface area (Å²) in [6, 6.07) is 0. The lowest BCUT2D eigenvalue weighted by molar-refractivity contribution is 0.199. The molecule has 4 nitrogen and oxygen atoms in total. The molecule has 34 heavy (non-hydrogen) atoms. The maximum absolute atomic E-state index is 12.5. The van der Waals surface area contributed by atoms with Crippen LogP contribution in [0.5, 0.6) is 0 Å². The van der Waals surface area contributed by atoms with Gasteiger partial charge in [0.25, 0.3) is 0 Å². The van der Waals surface area contributed by atoms with Crippen molar-refractivity contribution < 1.29 is 18.6 Å². The highest BCUT2D eigenvalue weighted by atomic mass is 32.2. The molecule has 6 heteroatoms. The lowest BCUT2D eigenvalue weighted by atomic mass is 9.62. The molecule has 0 amide bonds. The van der Waals surface area contributed by atoms with E-state index in [1.165, 1.54) is 11.1 Å². The van der Waals surface area contributed by atoms with E-state index in [4.69, 9.17) is 0 Å². The molecule has 0 aromatic heterocycles. The van der Waals surface area contributed by atoms with E-state index in [-0.39, 0.29) is 17.8 Å². The van der Waals surface area contributed by atoms with E-state index in [0.29, 0.717) is 36.4 Å². The molecule has 194 valence electrons. The average Bonchev–Trinajstić information content (AvgIpc) is 3.12. The third-order valence-electron chi connectivity index (χ3n) is 8.00. The normalized spacial score (nSPS) is 26.8. The number of hydrogen-bond acceptors (Lipinski definition) is 4. The summed E-state index contributed by atoms with van der Waals surface area (Å²) in [5.41, 5.74) is 4.63. The molecule has 0 radical (unpaired) electrons. The first-order chi connectivity index (χ1) is 15.8. The Morgan fingerprint density at radius 3 is 2.65 bits per heavy atom. The molecule has 0 bridgehead atoms. The van der Waals surface area contributed by atoms with Crippen LogP contribution in [0.2, 0.25) is 0 Å². The molecular weight excluding hydrogens is 463 g/mol. The quantitative estimate of drug-likeness (QED) is 0.210. The summed E-state index contributed by atoms with van der Waals surface area (Å²) in [6.45, 7) is 13.9. The Balaban J connectivity index is 2.14. The van der Waals surface area contributed by atoms with Crippen LogP contribution < -0.4 is 0 Å². The van der Waals surface area contributed by atoms with E-state index in [9.17, 15) is 18.6 Å². The van der Waals surface area contributed by atoms with Crippen molar-refractivity contribution in [1.29, 1.82) is 0 Å². The maximum atomic E-state index is 12.5. The molecule has 0 heterocycles. The van der Waals surface area contributed by atoms with Gasteiger partial charge in [-0.05, 0) is 100 Å². The van der Waals surface area contributed by atoms with E-state index in [2.05, 4.69) is 47.9 Å². The van der Waals surface area contributed by atoms with Crippen LogP contribution in [0.1, 0.15) is 79.6 Å². The highest BCUT2D eigenvalue weighted by molar-refractivity contribution is 7.92. The Kier molecular flexibility index (Phi) is 10.4. The second kappa shape index (κ2) is 12.0. The Bertz CT molecular complexity index is 923. The molecule has 0 aromatic rings. The van der Waals surface area contributed by atoms with Crippen LogP contribution in [-0.2, 0) is 9.84 Å². The third kappa shape index (κ3) is 6.93. The van der Waals surface area contributed by atoms with Crippen molar-refractivity contribution in [3.63, 3.8) is 0 Å². The predicted octanol–water partition coefficient (Wildman–Crippen LogP) is 5.78. The zero-order valence-corrected chi connectivity index (χ0v) is 23.9. The van der Waals surface area contributed by atoms with Crippen molar-refractivity contribution in [2.24, 2.45) is 17.3 Å². The van der Waals surface area contributed by atoms with Gasteiger partial charge in [0.1, 0.15) is 0 Å². The Morgan fingerprint density at radius 1 is 1.38 bits per heavy atom. The van der Waals surface area contributed by atoms with Gasteiger partial charge in [-0.2, -0.15) is 0 Å². The molecule has 2 aliphatic carbocycles. The van der Waals surface area contributed by atoms with Gasteiger partial charge in [-0.3, -0.25) is 0 Å². The molecule has 0 saturated heterocycles. The predicted molar refractivity (Wildman–Crippen MR) is 148 cm³/mol. The third-order valence-corrected chi connectivity index (χ3v) is 11.2. The molecule has 5 atom stereocenters. The lowest BCUT2D eigenvalue weighted by Crippen LogP contribution is -2.33. The van der Waals surface area contributed by atoms with Gasteiger partial charge in [0.15, 0.2) is 9.84 Å². The Labute approximate surface area is 210 Å². The van der Waals surface area contributed by atoms with Crippen LogP contribution in [0.3, 0.4) is 0 Å². The largest absolute Gasteiger partial charge is 0.392 e. The first-order valence-corrected chi connectivity index (χ1v) is 15.2. The van der Waals surface area contributed by atoms with Gasteiger partial charge in [0, 0.05) is 0 Å². The molecule has 2 rings (SSSR count). The fourth-order valence-corrected chi connectivity index (χ4v) is 6.96. The van der Waals surface area contributed by atoms with Gasteiger partial charge in [0.2, 0.25) is 0 Å². The molecule has 1 saturated carbocycles. The Hall–Kier alpha value is -0.740. The maximum Gasteiger partial charge on any atom is 0.155 e. The summed E-state index contributed by atoms with van der Waals surface area (Å²) < 4.78 is 24.3. The van der Waals surface area contributed by atoms with Crippen LogP contribution in [-0.4, -0.2) is 48.0 Å². The molecule has 3 unspecified atom stereocenters. The first-order valence-electron chi connectivity index (χ1n) is 12.8. The highest BCUT2D eigenvalue weighted by Gasteiger charge is 2.45. The summed E-state index contributed by atoms with van der Waals surface area (Å²) in [5.74, 6) is 1.09. The van der Waals surface area contributed by atoms with Gasteiger partial charge in [-0.15, -0.1) is 9.24 Å². The van der Waals surface area contributed by atoms with Crippen LogP contribution in [0, 0.1) is 17.3 Å². The summed E-state index contributed by atoms with van der Waals surface area (Å²) in [6.07, 6.45) is 13.3. The van der Waals surface area contributed by atoms with E-state index >= 15 is 0 Å².